The smallest absolute Gasteiger partial charge is 0.138 e. The molecule has 300 valence electrons. The third kappa shape index (κ3) is 5.39. The van der Waals surface area contributed by atoms with E-state index in [1.165, 1.54) is 48.8 Å². The summed E-state index contributed by atoms with van der Waals surface area (Å²) in [5.41, 5.74) is 12.0. The van der Waals surface area contributed by atoms with Gasteiger partial charge in [-0.3, -0.25) is 4.57 Å². The molecular formula is C58H42N4O. The molecule has 0 saturated heterocycles. The Morgan fingerprint density at radius 1 is 0.460 bits per heavy atom. The molecule has 13 rings (SSSR count). The van der Waals surface area contributed by atoms with Crippen LogP contribution >= 0.6 is 0 Å². The second-order valence-corrected chi connectivity index (χ2v) is 18.0. The average molecular weight is 811 g/mol. The topological polar surface area (TPSA) is 35.2 Å². The number of aromatic nitrogens is 3. The fraction of sp³-hybridized carbons (Fsp3) is 0.0862. The Hall–Kier alpha value is -7.89. The Labute approximate surface area is 365 Å². The third-order valence-corrected chi connectivity index (χ3v) is 13.3. The second-order valence-electron chi connectivity index (χ2n) is 18.0. The van der Waals surface area contributed by atoms with Crippen LogP contribution in [0.15, 0.2) is 188 Å². The third-order valence-electron chi connectivity index (χ3n) is 13.3. The number of para-hydroxylation sites is 3. The average Bonchev–Trinajstić information content (AvgIpc) is 3.87. The van der Waals surface area contributed by atoms with E-state index in [4.69, 9.17) is 9.72 Å². The summed E-state index contributed by atoms with van der Waals surface area (Å²) >= 11 is 0. The van der Waals surface area contributed by atoms with Crippen molar-refractivity contribution in [3.05, 3.63) is 194 Å². The Bertz CT molecular complexity index is 3810. The first-order valence-corrected chi connectivity index (χ1v) is 21.8. The highest BCUT2D eigenvalue weighted by Gasteiger charge is 2.27. The van der Waals surface area contributed by atoms with Crippen molar-refractivity contribution < 1.29 is 4.74 Å². The molecule has 0 unspecified atom stereocenters. The van der Waals surface area contributed by atoms with Crippen molar-refractivity contribution in [1.29, 1.82) is 0 Å². The Morgan fingerprint density at radius 3 is 1.81 bits per heavy atom. The number of ether oxygens (including phenoxy) is 1. The first-order chi connectivity index (χ1) is 30.9. The van der Waals surface area contributed by atoms with E-state index < -0.39 is 0 Å². The van der Waals surface area contributed by atoms with Crippen molar-refractivity contribution in [3.8, 4) is 39.7 Å². The van der Waals surface area contributed by atoms with Crippen LogP contribution in [0, 0.1) is 0 Å². The molecule has 5 heterocycles. The van der Waals surface area contributed by atoms with E-state index in [1.807, 2.05) is 0 Å². The van der Waals surface area contributed by atoms with Gasteiger partial charge in [0, 0.05) is 50.5 Å². The summed E-state index contributed by atoms with van der Waals surface area (Å²) in [6, 6.07) is 68.6. The number of hydrogen-bond acceptors (Lipinski definition) is 3. The summed E-state index contributed by atoms with van der Waals surface area (Å²) in [4.78, 5) is 8.12. The lowest BCUT2D eigenvalue weighted by Crippen LogP contribution is -2.15. The van der Waals surface area contributed by atoms with Gasteiger partial charge >= 0.3 is 0 Å². The van der Waals surface area contributed by atoms with E-state index in [1.54, 1.807) is 0 Å². The number of nitrogens with zero attached hydrogens (tertiary/aromatic N) is 4. The predicted octanol–water partition coefficient (Wildman–Crippen LogP) is 15.6. The molecule has 0 fully saturated rings. The Balaban J connectivity index is 1.24. The van der Waals surface area contributed by atoms with Crippen LogP contribution in [-0.2, 0) is 12.1 Å². The lowest BCUT2D eigenvalue weighted by molar-refractivity contribution is 0.483. The standard InChI is InChI=1S/C58H42N4O/c1-58(2,3)36-31-51-45-22-9-8-21-44(45)49-25-13-24-48-42-19-6-4-17-40(42)41-18-5-7-20-43(41)50-26-14-28-53-57(50)61(56(48)49)35-60(53)37-15-12-16-38(33-37)63-39-29-30-47-46-23-10-11-27-52(46)62(54(47)34-39)55(32-36)59-51/h4-34H,35H2,1-3H3. The van der Waals surface area contributed by atoms with E-state index in [0.29, 0.717) is 6.67 Å². The molecule has 0 amide bonds. The highest BCUT2D eigenvalue weighted by Crippen LogP contribution is 2.47. The molecule has 0 saturated carbocycles. The molecule has 2 aliphatic rings. The molecule has 0 radical (unpaired) electrons. The second kappa shape index (κ2) is 13.3. The van der Waals surface area contributed by atoms with Gasteiger partial charge < -0.3 is 14.2 Å². The number of benzene rings is 8. The maximum absolute atomic E-state index is 6.85. The zero-order valence-electron chi connectivity index (χ0n) is 35.3. The van der Waals surface area contributed by atoms with Crippen molar-refractivity contribution in [2.45, 2.75) is 32.9 Å². The van der Waals surface area contributed by atoms with Gasteiger partial charge in [-0.1, -0.05) is 148 Å². The minimum atomic E-state index is -0.158. The Morgan fingerprint density at radius 2 is 1.05 bits per heavy atom. The van der Waals surface area contributed by atoms with Gasteiger partial charge in [0.1, 0.15) is 24.0 Å². The number of hydrogen-bond donors (Lipinski definition) is 0. The summed E-state index contributed by atoms with van der Waals surface area (Å²) in [6.45, 7) is 7.47. The van der Waals surface area contributed by atoms with Gasteiger partial charge in [0.05, 0.1) is 33.4 Å². The minimum absolute atomic E-state index is 0.158. The first-order valence-electron chi connectivity index (χ1n) is 21.8. The fourth-order valence-corrected chi connectivity index (χ4v) is 10.4. The van der Waals surface area contributed by atoms with Crippen LogP contribution in [0.1, 0.15) is 26.3 Å². The fourth-order valence-electron chi connectivity index (χ4n) is 10.4. The zero-order chi connectivity index (χ0) is 42.0. The van der Waals surface area contributed by atoms with Crippen molar-refractivity contribution in [2.24, 2.45) is 0 Å². The maximum Gasteiger partial charge on any atom is 0.138 e. The Kier molecular flexibility index (Phi) is 7.57. The van der Waals surface area contributed by atoms with E-state index in [2.05, 4.69) is 223 Å². The molecule has 8 bridgehead atoms. The van der Waals surface area contributed by atoms with Crippen LogP contribution in [0.25, 0.3) is 93.4 Å². The molecule has 2 aliphatic heterocycles. The molecular weight excluding hydrogens is 769 g/mol. The van der Waals surface area contributed by atoms with Crippen LogP contribution in [0.5, 0.6) is 11.5 Å². The van der Waals surface area contributed by atoms with E-state index >= 15 is 0 Å². The molecule has 0 aliphatic carbocycles. The zero-order valence-corrected chi connectivity index (χ0v) is 35.3. The summed E-state index contributed by atoms with van der Waals surface area (Å²) in [7, 11) is 0. The SMILES string of the molecule is CC(C)(C)c1cc2nc(c1)-n1c3ccccc3c3ccc(cc31)Oc1cccc(c1)N1Cn3c4c(cccc4c4ccccc4c4ccccc4c4cccc1c43)-c1ccccc1-2. The summed E-state index contributed by atoms with van der Waals surface area (Å²) < 4.78 is 11.7. The first kappa shape index (κ1) is 35.8. The van der Waals surface area contributed by atoms with Crippen molar-refractivity contribution >= 4 is 76.5 Å². The number of fused-ring (bicyclic) bond motifs is 20. The van der Waals surface area contributed by atoms with Gasteiger partial charge in [-0.2, -0.15) is 0 Å². The van der Waals surface area contributed by atoms with E-state index in [-0.39, 0.29) is 5.41 Å². The lowest BCUT2D eigenvalue weighted by atomic mass is 9.86. The number of rotatable bonds is 0. The van der Waals surface area contributed by atoms with Gasteiger partial charge in [0.15, 0.2) is 0 Å². The normalized spacial score (nSPS) is 13.0. The minimum Gasteiger partial charge on any atom is -0.457 e. The van der Waals surface area contributed by atoms with E-state index in [0.717, 1.165) is 73.0 Å². The number of anilines is 2. The molecule has 5 heteroatoms. The van der Waals surface area contributed by atoms with Crippen LogP contribution in [0.4, 0.5) is 11.4 Å². The lowest BCUT2D eigenvalue weighted by Gasteiger charge is -2.23. The van der Waals surface area contributed by atoms with Crippen LogP contribution in [-0.4, -0.2) is 14.1 Å². The van der Waals surface area contributed by atoms with Crippen LogP contribution < -0.4 is 9.64 Å². The molecule has 8 aromatic carbocycles. The summed E-state index contributed by atoms with van der Waals surface area (Å²) in [5, 5.41) is 9.54. The molecule has 0 spiro atoms. The van der Waals surface area contributed by atoms with Crippen molar-refractivity contribution in [2.75, 3.05) is 4.90 Å². The highest BCUT2D eigenvalue weighted by molar-refractivity contribution is 6.22. The quantitative estimate of drug-likeness (QED) is 0.153. The largest absolute Gasteiger partial charge is 0.457 e. The van der Waals surface area contributed by atoms with E-state index in [9.17, 15) is 0 Å². The van der Waals surface area contributed by atoms with Gasteiger partial charge in [0.25, 0.3) is 0 Å². The molecule has 0 atom stereocenters. The van der Waals surface area contributed by atoms with Crippen molar-refractivity contribution in [3.63, 3.8) is 0 Å². The predicted molar refractivity (Wildman–Crippen MR) is 262 cm³/mol. The van der Waals surface area contributed by atoms with Crippen LogP contribution in [0.3, 0.4) is 0 Å². The summed E-state index contributed by atoms with van der Waals surface area (Å²) in [6.07, 6.45) is 0. The van der Waals surface area contributed by atoms with Gasteiger partial charge in [-0.15, -0.1) is 0 Å². The molecule has 11 aromatic rings. The molecule has 5 nitrogen and oxygen atoms in total. The van der Waals surface area contributed by atoms with Gasteiger partial charge in [-0.05, 0) is 86.6 Å². The van der Waals surface area contributed by atoms with Gasteiger partial charge in [0.2, 0.25) is 0 Å². The molecule has 63 heavy (non-hydrogen) atoms. The monoisotopic (exact) mass is 810 g/mol. The molecule has 3 aromatic heterocycles. The summed E-state index contributed by atoms with van der Waals surface area (Å²) in [5.74, 6) is 2.42. The molecule has 0 N–H and O–H groups in total. The number of pyridine rings is 1. The van der Waals surface area contributed by atoms with Gasteiger partial charge in [-0.25, -0.2) is 4.98 Å². The maximum atomic E-state index is 6.85. The van der Waals surface area contributed by atoms with Crippen molar-refractivity contribution in [1.82, 2.24) is 14.1 Å². The highest BCUT2D eigenvalue weighted by atomic mass is 16.5. The van der Waals surface area contributed by atoms with Crippen LogP contribution in [0.2, 0.25) is 0 Å².